The topological polar surface area (TPSA) is 15.3 Å². The fraction of sp³-hybridized carbons (Fsp3) is 0.692. The predicted octanol–water partition coefficient (Wildman–Crippen LogP) is 3.15. The highest BCUT2D eigenvalue weighted by Crippen LogP contribution is 2.30. The van der Waals surface area contributed by atoms with Gasteiger partial charge in [-0.25, -0.2) is 0 Å². The first-order valence-corrected chi connectivity index (χ1v) is 8.05. The Bertz CT molecular complexity index is 381. The van der Waals surface area contributed by atoms with E-state index >= 15 is 0 Å². The molecule has 2 nitrogen and oxygen atoms in total. The smallest absolute Gasteiger partial charge is 0.0314 e. The molecule has 1 unspecified atom stereocenters. The Kier molecular flexibility index (Phi) is 3.57. The predicted molar refractivity (Wildman–Crippen MR) is 76.6 cm³/mol. The third-order valence-electron chi connectivity index (χ3n) is 3.76. The fourth-order valence-corrected chi connectivity index (χ4v) is 4.13. The van der Waals surface area contributed by atoms with Gasteiger partial charge in [-0.1, -0.05) is 0 Å². The summed E-state index contributed by atoms with van der Waals surface area (Å²) in [6.45, 7) is 5.76. The molecule has 0 bridgehead atoms. The van der Waals surface area contributed by atoms with Crippen molar-refractivity contribution in [2.24, 2.45) is 0 Å². The van der Waals surface area contributed by atoms with Gasteiger partial charge in [0.2, 0.25) is 0 Å². The lowest BCUT2D eigenvalue weighted by molar-refractivity contribution is 0.317. The minimum Gasteiger partial charge on any atom is -0.308 e. The van der Waals surface area contributed by atoms with Crippen LogP contribution in [-0.4, -0.2) is 30.1 Å². The molecule has 1 saturated heterocycles. The molecular weight excluding hydrogens is 296 g/mol. The number of thiophene rings is 1. The molecule has 0 aromatic carbocycles. The Morgan fingerprint density at radius 1 is 1.47 bits per heavy atom. The highest BCUT2D eigenvalue weighted by atomic mass is 79.9. The first-order chi connectivity index (χ1) is 8.22. The molecule has 1 aliphatic carbocycles. The van der Waals surface area contributed by atoms with Crippen LogP contribution in [0, 0.1) is 6.92 Å². The van der Waals surface area contributed by atoms with Gasteiger partial charge in [0.1, 0.15) is 0 Å². The van der Waals surface area contributed by atoms with Crippen molar-refractivity contribution in [2.45, 2.75) is 44.8 Å². The van der Waals surface area contributed by atoms with Crippen molar-refractivity contribution in [1.82, 2.24) is 10.2 Å². The maximum atomic E-state index is 3.70. The molecule has 1 atom stereocenters. The van der Waals surface area contributed by atoms with E-state index in [1.54, 1.807) is 0 Å². The van der Waals surface area contributed by atoms with E-state index in [4.69, 9.17) is 0 Å². The minimum atomic E-state index is 0.705. The third-order valence-corrected chi connectivity index (χ3v) is 5.89. The Balaban J connectivity index is 1.48. The Morgan fingerprint density at radius 2 is 2.29 bits per heavy atom. The number of hydrogen-bond acceptors (Lipinski definition) is 3. The Morgan fingerprint density at radius 3 is 2.94 bits per heavy atom. The average molecular weight is 315 g/mol. The molecule has 2 aliphatic rings. The maximum absolute atomic E-state index is 3.70. The number of nitrogens with zero attached hydrogens (tertiary/aromatic N) is 1. The van der Waals surface area contributed by atoms with Crippen molar-refractivity contribution in [3.8, 4) is 0 Å². The number of likely N-dealkylation sites (tertiary alicyclic amines) is 1. The van der Waals surface area contributed by atoms with Gasteiger partial charge in [-0.2, -0.15) is 0 Å². The van der Waals surface area contributed by atoms with E-state index in [-0.39, 0.29) is 0 Å². The Hall–Kier alpha value is 0.100. The second-order valence-electron chi connectivity index (χ2n) is 5.21. The van der Waals surface area contributed by atoms with Crippen LogP contribution < -0.4 is 5.32 Å². The van der Waals surface area contributed by atoms with E-state index in [1.165, 1.54) is 46.6 Å². The number of hydrogen-bond donors (Lipinski definition) is 1. The summed E-state index contributed by atoms with van der Waals surface area (Å²) in [7, 11) is 0. The van der Waals surface area contributed by atoms with Crippen molar-refractivity contribution < 1.29 is 0 Å². The van der Waals surface area contributed by atoms with Crippen LogP contribution in [0.4, 0.5) is 0 Å². The van der Waals surface area contributed by atoms with E-state index in [2.05, 4.69) is 39.1 Å². The van der Waals surface area contributed by atoms with Crippen LogP contribution in [0.25, 0.3) is 0 Å². The van der Waals surface area contributed by atoms with E-state index in [0.29, 0.717) is 6.04 Å². The summed E-state index contributed by atoms with van der Waals surface area (Å²) in [5.74, 6) is 0. The van der Waals surface area contributed by atoms with E-state index < -0.39 is 0 Å². The zero-order valence-electron chi connectivity index (χ0n) is 10.2. The van der Waals surface area contributed by atoms with Gasteiger partial charge in [0.15, 0.2) is 0 Å². The third kappa shape index (κ3) is 2.92. The maximum Gasteiger partial charge on any atom is 0.0314 e. The molecular formula is C13H19BrN2S. The van der Waals surface area contributed by atoms with Gasteiger partial charge in [-0.05, 0) is 48.2 Å². The largest absolute Gasteiger partial charge is 0.308 e. The monoisotopic (exact) mass is 314 g/mol. The van der Waals surface area contributed by atoms with Gasteiger partial charge < -0.3 is 5.32 Å². The summed E-state index contributed by atoms with van der Waals surface area (Å²) in [6.07, 6.45) is 4.19. The second kappa shape index (κ2) is 5.00. The van der Waals surface area contributed by atoms with Crippen LogP contribution in [0.5, 0.6) is 0 Å². The molecule has 0 amide bonds. The molecule has 17 heavy (non-hydrogen) atoms. The van der Waals surface area contributed by atoms with Crippen molar-refractivity contribution >= 4 is 27.3 Å². The quantitative estimate of drug-likeness (QED) is 0.918. The lowest BCUT2D eigenvalue weighted by Gasteiger charge is -2.15. The first-order valence-electron chi connectivity index (χ1n) is 6.44. The molecule has 3 rings (SSSR count). The van der Waals surface area contributed by atoms with Crippen molar-refractivity contribution in [1.29, 1.82) is 0 Å². The van der Waals surface area contributed by atoms with Gasteiger partial charge in [-0.3, -0.25) is 4.90 Å². The van der Waals surface area contributed by atoms with Crippen LogP contribution in [0.3, 0.4) is 0 Å². The molecule has 1 aromatic rings. The van der Waals surface area contributed by atoms with Gasteiger partial charge in [0.25, 0.3) is 0 Å². The van der Waals surface area contributed by atoms with Crippen molar-refractivity contribution in [3.05, 3.63) is 20.3 Å². The van der Waals surface area contributed by atoms with E-state index in [1.807, 2.05) is 11.3 Å². The minimum absolute atomic E-state index is 0.705. The highest BCUT2D eigenvalue weighted by molar-refractivity contribution is 9.10. The molecule has 2 fully saturated rings. The summed E-state index contributed by atoms with van der Waals surface area (Å²) >= 11 is 5.48. The van der Waals surface area contributed by atoms with Crippen molar-refractivity contribution in [2.75, 3.05) is 13.1 Å². The zero-order valence-corrected chi connectivity index (χ0v) is 12.6. The molecule has 2 heterocycles. The number of nitrogens with one attached hydrogen (secondary N) is 1. The zero-order chi connectivity index (χ0) is 11.8. The molecule has 1 saturated carbocycles. The second-order valence-corrected chi connectivity index (χ2v) is 7.40. The molecule has 4 heteroatoms. The normalized spacial score (nSPS) is 25.6. The molecule has 94 valence electrons. The molecule has 1 aliphatic heterocycles. The van der Waals surface area contributed by atoms with Gasteiger partial charge in [-0.15, -0.1) is 11.3 Å². The van der Waals surface area contributed by atoms with Crippen molar-refractivity contribution in [3.63, 3.8) is 0 Å². The summed E-state index contributed by atoms with van der Waals surface area (Å²) < 4.78 is 1.25. The highest BCUT2D eigenvalue weighted by Gasteiger charge is 2.34. The fourth-order valence-electron chi connectivity index (χ4n) is 2.58. The Labute approximate surface area is 116 Å². The average Bonchev–Trinajstić information content (AvgIpc) is 2.96. The first kappa shape index (κ1) is 12.2. The van der Waals surface area contributed by atoms with Gasteiger partial charge >= 0.3 is 0 Å². The van der Waals surface area contributed by atoms with Gasteiger partial charge in [0, 0.05) is 45.9 Å². The SMILES string of the molecule is Cc1sc(CNC2CCN(C3CC3)C2)cc1Br. The molecule has 1 aromatic heterocycles. The summed E-state index contributed by atoms with van der Waals surface area (Å²) in [4.78, 5) is 5.49. The standard InChI is InChI=1S/C13H19BrN2S/c1-9-13(14)6-12(17-9)7-15-10-4-5-16(8-10)11-2-3-11/h6,10-11,15H,2-5,7-8H2,1H3. The summed E-state index contributed by atoms with van der Waals surface area (Å²) in [5.41, 5.74) is 0. The van der Waals surface area contributed by atoms with E-state index in [9.17, 15) is 0 Å². The molecule has 0 spiro atoms. The lowest BCUT2D eigenvalue weighted by atomic mass is 10.2. The molecule has 1 N–H and O–H groups in total. The summed E-state index contributed by atoms with van der Waals surface area (Å²) in [6, 6.07) is 3.89. The van der Waals surface area contributed by atoms with Gasteiger partial charge in [0.05, 0.1) is 0 Å². The number of aryl methyl sites for hydroxylation is 1. The number of rotatable bonds is 4. The molecule has 0 radical (unpaired) electrons. The summed E-state index contributed by atoms with van der Waals surface area (Å²) in [5, 5.41) is 3.70. The van der Waals surface area contributed by atoms with Crippen LogP contribution in [0.1, 0.15) is 29.0 Å². The number of halogens is 1. The van der Waals surface area contributed by atoms with Crippen LogP contribution in [0.15, 0.2) is 10.5 Å². The van der Waals surface area contributed by atoms with Crippen LogP contribution in [-0.2, 0) is 6.54 Å². The van der Waals surface area contributed by atoms with E-state index in [0.717, 1.165) is 12.6 Å². The lowest BCUT2D eigenvalue weighted by Crippen LogP contribution is -2.32. The van der Waals surface area contributed by atoms with Crippen LogP contribution in [0.2, 0.25) is 0 Å². The van der Waals surface area contributed by atoms with Crippen LogP contribution >= 0.6 is 27.3 Å².